The number of rotatable bonds is 6. The molecule has 1 heterocycles. The number of aromatic nitrogens is 1. The molecule has 19 heavy (non-hydrogen) atoms. The van der Waals surface area contributed by atoms with Crippen LogP contribution in [-0.2, 0) is 6.54 Å². The van der Waals surface area contributed by atoms with E-state index in [2.05, 4.69) is 10.3 Å². The first-order valence-corrected chi connectivity index (χ1v) is 6.76. The average molecular weight is 303 g/mol. The summed E-state index contributed by atoms with van der Waals surface area (Å²) in [4.78, 5) is 4.90. The molecule has 1 aromatic heterocycles. The highest BCUT2D eigenvalue weighted by molar-refractivity contribution is 7.15. The van der Waals surface area contributed by atoms with E-state index in [1.54, 1.807) is 12.3 Å². The first-order chi connectivity index (χ1) is 9.19. The molecule has 2 rings (SSSR count). The minimum Gasteiger partial charge on any atom is -0.489 e. The molecule has 0 radical (unpaired) electrons. The molecule has 0 spiro atoms. The third-order valence-corrected chi connectivity index (χ3v) is 3.39. The maximum atomic E-state index is 13.1. The highest BCUT2D eigenvalue weighted by Crippen LogP contribution is 2.27. The highest BCUT2D eigenvalue weighted by atomic mass is 35.5. The number of ether oxygens (including phenoxy) is 1. The van der Waals surface area contributed by atoms with Gasteiger partial charge in [0.05, 0.1) is 18.8 Å². The van der Waals surface area contributed by atoms with Gasteiger partial charge in [-0.1, -0.05) is 11.6 Å². The van der Waals surface area contributed by atoms with Gasteiger partial charge in [0.15, 0.2) is 4.47 Å². The topological polar surface area (TPSA) is 54.4 Å². The minimum absolute atomic E-state index is 0.116. The Balaban J connectivity index is 2.05. The molecule has 0 aliphatic rings. The molecule has 0 saturated heterocycles. The molecule has 0 bridgehead atoms. The molecular formula is C12H12ClFN2O2S. The van der Waals surface area contributed by atoms with E-state index in [0.29, 0.717) is 22.4 Å². The number of hydrogen-bond acceptors (Lipinski definition) is 5. The average Bonchev–Trinajstić information content (AvgIpc) is 2.81. The van der Waals surface area contributed by atoms with Crippen LogP contribution in [0.25, 0.3) is 0 Å². The van der Waals surface area contributed by atoms with Gasteiger partial charge in [-0.2, -0.15) is 0 Å². The lowest BCUT2D eigenvalue weighted by Crippen LogP contribution is -2.06. The Bertz CT molecular complexity index is 550. The highest BCUT2D eigenvalue weighted by Gasteiger charge is 2.06. The largest absolute Gasteiger partial charge is 0.489 e. The Morgan fingerprint density at radius 2 is 2.32 bits per heavy atom. The number of aliphatic hydroxyl groups excluding tert-OH is 1. The third kappa shape index (κ3) is 4.05. The Morgan fingerprint density at radius 3 is 3.00 bits per heavy atom. The zero-order valence-corrected chi connectivity index (χ0v) is 11.5. The summed E-state index contributed by atoms with van der Waals surface area (Å²) in [5.74, 6) is -0.0241. The second-order valence-electron chi connectivity index (χ2n) is 3.65. The van der Waals surface area contributed by atoms with Gasteiger partial charge in [-0.05, 0) is 12.1 Å². The predicted octanol–water partition coefficient (Wildman–Crippen LogP) is 2.92. The van der Waals surface area contributed by atoms with Crippen LogP contribution in [-0.4, -0.2) is 23.3 Å². The molecule has 4 nitrogen and oxygen atoms in total. The fourth-order valence-electron chi connectivity index (χ4n) is 1.46. The number of thiazole rings is 1. The van der Waals surface area contributed by atoms with Crippen LogP contribution in [0.2, 0.25) is 4.47 Å². The van der Waals surface area contributed by atoms with Crippen molar-refractivity contribution in [2.45, 2.75) is 6.54 Å². The lowest BCUT2D eigenvalue weighted by Gasteiger charge is -2.12. The summed E-state index contributed by atoms with van der Waals surface area (Å²) in [5.41, 5.74) is 0.652. The molecule has 7 heteroatoms. The quantitative estimate of drug-likeness (QED) is 0.861. The van der Waals surface area contributed by atoms with E-state index in [-0.39, 0.29) is 19.0 Å². The zero-order valence-electron chi connectivity index (χ0n) is 9.90. The van der Waals surface area contributed by atoms with Crippen LogP contribution in [0, 0.1) is 5.82 Å². The Kier molecular flexibility index (Phi) is 4.95. The molecule has 102 valence electrons. The Morgan fingerprint density at radius 1 is 1.47 bits per heavy atom. The van der Waals surface area contributed by atoms with Crippen LogP contribution < -0.4 is 10.1 Å². The molecule has 2 aromatic rings. The second kappa shape index (κ2) is 6.70. The summed E-state index contributed by atoms with van der Waals surface area (Å²) in [5, 5.41) is 11.9. The summed E-state index contributed by atoms with van der Waals surface area (Å²) in [6.07, 6.45) is 1.68. The van der Waals surface area contributed by atoms with Crippen molar-refractivity contribution in [2.24, 2.45) is 0 Å². The van der Waals surface area contributed by atoms with Crippen molar-refractivity contribution in [1.29, 1.82) is 0 Å². The molecule has 2 N–H and O–H groups in total. The first kappa shape index (κ1) is 14.0. The molecule has 0 saturated carbocycles. The Labute approximate surface area is 118 Å². The molecule has 0 unspecified atom stereocenters. The van der Waals surface area contributed by atoms with E-state index in [9.17, 15) is 4.39 Å². The van der Waals surface area contributed by atoms with Crippen LogP contribution in [0.4, 0.5) is 10.1 Å². The van der Waals surface area contributed by atoms with E-state index >= 15 is 0 Å². The van der Waals surface area contributed by atoms with Gasteiger partial charge in [0.1, 0.15) is 18.2 Å². The van der Waals surface area contributed by atoms with E-state index in [4.69, 9.17) is 21.4 Å². The maximum absolute atomic E-state index is 13.1. The van der Waals surface area contributed by atoms with Crippen LogP contribution in [0.1, 0.15) is 4.88 Å². The van der Waals surface area contributed by atoms with Gasteiger partial charge in [0.2, 0.25) is 0 Å². The monoisotopic (exact) mass is 302 g/mol. The fourth-order valence-corrected chi connectivity index (χ4v) is 2.38. The van der Waals surface area contributed by atoms with E-state index in [1.165, 1.54) is 23.5 Å². The minimum atomic E-state index is -0.390. The van der Waals surface area contributed by atoms with E-state index in [0.717, 1.165) is 4.88 Å². The van der Waals surface area contributed by atoms with Crippen LogP contribution in [0.5, 0.6) is 5.75 Å². The summed E-state index contributed by atoms with van der Waals surface area (Å²) in [7, 11) is 0. The number of hydrogen-bond donors (Lipinski definition) is 2. The van der Waals surface area contributed by atoms with Gasteiger partial charge >= 0.3 is 0 Å². The van der Waals surface area contributed by atoms with E-state index in [1.807, 2.05) is 0 Å². The lowest BCUT2D eigenvalue weighted by atomic mass is 10.2. The van der Waals surface area contributed by atoms with Crippen molar-refractivity contribution in [1.82, 2.24) is 4.98 Å². The van der Waals surface area contributed by atoms with Crippen molar-refractivity contribution in [3.63, 3.8) is 0 Å². The molecular weight excluding hydrogens is 291 g/mol. The second-order valence-corrected chi connectivity index (χ2v) is 5.34. The summed E-state index contributed by atoms with van der Waals surface area (Å²) in [6, 6.07) is 4.20. The predicted molar refractivity (Wildman–Crippen MR) is 73.4 cm³/mol. The SMILES string of the molecule is OCCOc1cc(F)ccc1NCc1cnc(Cl)s1. The smallest absolute Gasteiger partial charge is 0.183 e. The normalized spacial score (nSPS) is 10.5. The third-order valence-electron chi connectivity index (χ3n) is 2.27. The summed E-state index contributed by atoms with van der Waals surface area (Å²) < 4.78 is 18.9. The fraction of sp³-hybridized carbons (Fsp3) is 0.250. The van der Waals surface area contributed by atoms with Crippen molar-refractivity contribution in [3.05, 3.63) is 39.6 Å². The number of nitrogens with zero attached hydrogens (tertiary/aromatic N) is 1. The number of aliphatic hydroxyl groups is 1. The standard InChI is InChI=1S/C12H12ClFN2O2S/c13-12-16-7-9(19-12)6-15-10-2-1-8(14)5-11(10)18-4-3-17/h1-2,5,7,15,17H,3-4,6H2. The molecule has 0 fully saturated rings. The van der Waals surface area contributed by atoms with Gasteiger partial charge in [-0.25, -0.2) is 9.37 Å². The maximum Gasteiger partial charge on any atom is 0.183 e. The lowest BCUT2D eigenvalue weighted by molar-refractivity contribution is 0.201. The van der Waals surface area contributed by atoms with Crippen molar-refractivity contribution >= 4 is 28.6 Å². The van der Waals surface area contributed by atoms with Crippen molar-refractivity contribution in [2.75, 3.05) is 18.5 Å². The van der Waals surface area contributed by atoms with Crippen molar-refractivity contribution in [3.8, 4) is 5.75 Å². The van der Waals surface area contributed by atoms with Crippen LogP contribution in [0.3, 0.4) is 0 Å². The zero-order chi connectivity index (χ0) is 13.7. The van der Waals surface area contributed by atoms with Gasteiger partial charge in [0, 0.05) is 17.1 Å². The van der Waals surface area contributed by atoms with Gasteiger partial charge < -0.3 is 15.2 Å². The number of anilines is 1. The Hall–Kier alpha value is -1.37. The van der Waals surface area contributed by atoms with Gasteiger partial charge in [0.25, 0.3) is 0 Å². The summed E-state index contributed by atoms with van der Waals surface area (Å²) in [6.45, 7) is 0.510. The van der Waals surface area contributed by atoms with Crippen LogP contribution >= 0.6 is 22.9 Å². The number of nitrogens with one attached hydrogen (secondary N) is 1. The number of halogens is 2. The molecule has 0 aliphatic carbocycles. The van der Waals surface area contributed by atoms with Gasteiger partial charge in [-0.15, -0.1) is 11.3 Å². The van der Waals surface area contributed by atoms with Gasteiger partial charge in [-0.3, -0.25) is 0 Å². The molecule has 1 aromatic carbocycles. The molecule has 0 amide bonds. The molecule has 0 aliphatic heterocycles. The van der Waals surface area contributed by atoms with Crippen molar-refractivity contribution < 1.29 is 14.2 Å². The molecule has 0 atom stereocenters. The van der Waals surface area contributed by atoms with E-state index < -0.39 is 0 Å². The van der Waals surface area contributed by atoms with Crippen LogP contribution in [0.15, 0.2) is 24.4 Å². The number of benzene rings is 1. The first-order valence-electron chi connectivity index (χ1n) is 5.56. The summed E-state index contributed by atoms with van der Waals surface area (Å²) >= 11 is 7.11.